The molecule has 3 rings (SSSR count). The highest BCUT2D eigenvalue weighted by Crippen LogP contribution is 2.30. The number of amides is 2. The van der Waals surface area contributed by atoms with Crippen molar-refractivity contribution in [3.05, 3.63) is 48.4 Å². The zero-order valence-corrected chi connectivity index (χ0v) is 14.8. The van der Waals surface area contributed by atoms with Gasteiger partial charge in [-0.25, -0.2) is 0 Å². The summed E-state index contributed by atoms with van der Waals surface area (Å²) in [6, 6.07) is 9.81. The van der Waals surface area contributed by atoms with Gasteiger partial charge in [0.15, 0.2) is 12.4 Å². The molecule has 27 heavy (non-hydrogen) atoms. The molecule has 1 atom stereocenters. The number of carboxylic acids is 1. The summed E-state index contributed by atoms with van der Waals surface area (Å²) in [5.41, 5.74) is -0.410. The maximum absolute atomic E-state index is 12.3. The van der Waals surface area contributed by atoms with Gasteiger partial charge in [0.2, 0.25) is 0 Å². The van der Waals surface area contributed by atoms with Gasteiger partial charge in [-0.05, 0) is 37.6 Å². The van der Waals surface area contributed by atoms with Gasteiger partial charge in [-0.15, -0.1) is 0 Å². The van der Waals surface area contributed by atoms with Crippen LogP contribution in [0.3, 0.4) is 0 Å². The molecule has 1 aromatic heterocycles. The molecule has 8 heteroatoms. The molecule has 0 spiro atoms. The predicted molar refractivity (Wildman–Crippen MR) is 95.5 cm³/mol. The quantitative estimate of drug-likeness (QED) is 0.805. The van der Waals surface area contributed by atoms with Crippen LogP contribution in [0.5, 0.6) is 5.75 Å². The third-order valence-electron chi connectivity index (χ3n) is 4.54. The standard InChI is InChI=1S/C19H20N2O6/c1-19(18(24)25)7-8-21(12-19)16(22)11-27-14-5-2-4-13(10-14)20-17(23)15-6-3-9-26-15/h2-6,9-10H,7-8,11-12H2,1H3,(H,20,23)(H,24,25). The van der Waals surface area contributed by atoms with E-state index in [1.165, 1.54) is 11.2 Å². The Balaban J connectivity index is 1.55. The summed E-state index contributed by atoms with van der Waals surface area (Å²) in [5.74, 6) is -0.963. The van der Waals surface area contributed by atoms with Gasteiger partial charge in [0.1, 0.15) is 5.75 Å². The number of aliphatic carboxylic acids is 1. The fourth-order valence-electron chi connectivity index (χ4n) is 2.85. The summed E-state index contributed by atoms with van der Waals surface area (Å²) in [6.45, 7) is 1.99. The van der Waals surface area contributed by atoms with E-state index in [1.54, 1.807) is 43.3 Å². The maximum Gasteiger partial charge on any atom is 0.311 e. The van der Waals surface area contributed by atoms with Gasteiger partial charge in [0.05, 0.1) is 11.7 Å². The lowest BCUT2D eigenvalue weighted by Crippen LogP contribution is -2.37. The lowest BCUT2D eigenvalue weighted by atomic mass is 9.90. The van der Waals surface area contributed by atoms with Gasteiger partial charge in [-0.3, -0.25) is 14.4 Å². The van der Waals surface area contributed by atoms with E-state index in [4.69, 9.17) is 9.15 Å². The Morgan fingerprint density at radius 3 is 2.78 bits per heavy atom. The number of nitrogens with zero attached hydrogens (tertiary/aromatic N) is 1. The van der Waals surface area contributed by atoms with Crippen LogP contribution in [0.25, 0.3) is 0 Å². The fourth-order valence-corrected chi connectivity index (χ4v) is 2.85. The summed E-state index contributed by atoms with van der Waals surface area (Å²) in [4.78, 5) is 37.0. The molecule has 2 N–H and O–H groups in total. The molecule has 1 aliphatic rings. The highest BCUT2D eigenvalue weighted by molar-refractivity contribution is 6.02. The number of likely N-dealkylation sites (tertiary alicyclic amines) is 1. The Bertz CT molecular complexity index is 848. The Kier molecular flexibility index (Phi) is 5.16. The number of carbonyl (C=O) groups excluding carboxylic acids is 2. The van der Waals surface area contributed by atoms with Crippen LogP contribution in [0, 0.1) is 5.41 Å². The number of carbonyl (C=O) groups is 3. The molecule has 2 heterocycles. The van der Waals surface area contributed by atoms with E-state index in [9.17, 15) is 19.5 Å². The average Bonchev–Trinajstić information content (AvgIpc) is 3.30. The molecule has 0 saturated carbocycles. The first-order valence-electron chi connectivity index (χ1n) is 8.46. The molecule has 0 bridgehead atoms. The molecule has 2 amide bonds. The highest BCUT2D eigenvalue weighted by atomic mass is 16.5. The van der Waals surface area contributed by atoms with E-state index in [-0.39, 0.29) is 24.8 Å². The van der Waals surface area contributed by atoms with Crippen molar-refractivity contribution >= 4 is 23.5 Å². The summed E-state index contributed by atoms with van der Waals surface area (Å²) >= 11 is 0. The maximum atomic E-state index is 12.3. The number of rotatable bonds is 6. The number of furan rings is 1. The van der Waals surface area contributed by atoms with Gasteiger partial charge < -0.3 is 24.5 Å². The van der Waals surface area contributed by atoms with Crippen molar-refractivity contribution in [2.24, 2.45) is 5.41 Å². The summed E-state index contributed by atoms with van der Waals surface area (Å²) in [6.07, 6.45) is 1.83. The van der Waals surface area contributed by atoms with E-state index < -0.39 is 17.3 Å². The van der Waals surface area contributed by atoms with E-state index in [1.807, 2.05) is 0 Å². The molecule has 1 fully saturated rings. The second-order valence-electron chi connectivity index (χ2n) is 6.68. The number of hydrogen-bond donors (Lipinski definition) is 2. The molecule has 1 unspecified atom stereocenters. The fraction of sp³-hybridized carbons (Fsp3) is 0.316. The van der Waals surface area contributed by atoms with Crippen LogP contribution in [-0.2, 0) is 9.59 Å². The van der Waals surface area contributed by atoms with E-state index >= 15 is 0 Å². The summed E-state index contributed by atoms with van der Waals surface area (Å²) in [5, 5.41) is 11.9. The minimum absolute atomic E-state index is 0.170. The molecular formula is C19H20N2O6. The van der Waals surface area contributed by atoms with Crippen LogP contribution in [0.2, 0.25) is 0 Å². The first-order chi connectivity index (χ1) is 12.9. The molecule has 8 nitrogen and oxygen atoms in total. The largest absolute Gasteiger partial charge is 0.484 e. The summed E-state index contributed by atoms with van der Waals surface area (Å²) < 4.78 is 10.5. The topological polar surface area (TPSA) is 109 Å². The molecule has 1 saturated heterocycles. The van der Waals surface area contributed by atoms with Crippen molar-refractivity contribution in [3.8, 4) is 5.75 Å². The van der Waals surface area contributed by atoms with Crippen molar-refractivity contribution in [1.82, 2.24) is 4.90 Å². The number of anilines is 1. The molecule has 1 aromatic carbocycles. The minimum atomic E-state index is -0.911. The molecule has 0 radical (unpaired) electrons. The Labute approximate surface area is 155 Å². The van der Waals surface area contributed by atoms with Crippen LogP contribution >= 0.6 is 0 Å². The molecule has 142 valence electrons. The number of hydrogen-bond acceptors (Lipinski definition) is 5. The second kappa shape index (κ2) is 7.53. The first-order valence-corrected chi connectivity index (χ1v) is 8.46. The third kappa shape index (κ3) is 4.28. The van der Waals surface area contributed by atoms with Crippen molar-refractivity contribution in [1.29, 1.82) is 0 Å². The van der Waals surface area contributed by atoms with Crippen LogP contribution in [-0.4, -0.2) is 47.5 Å². The molecule has 0 aliphatic carbocycles. The number of ether oxygens (including phenoxy) is 1. The number of nitrogens with one attached hydrogen (secondary N) is 1. The van der Waals surface area contributed by atoms with Gasteiger partial charge in [0.25, 0.3) is 11.8 Å². The van der Waals surface area contributed by atoms with Crippen LogP contribution in [0.1, 0.15) is 23.9 Å². The number of carboxylic acid groups (broad SMARTS) is 1. The zero-order chi connectivity index (χ0) is 19.4. The average molecular weight is 372 g/mol. The van der Waals surface area contributed by atoms with Crippen molar-refractivity contribution in [2.75, 3.05) is 25.0 Å². The number of benzene rings is 1. The van der Waals surface area contributed by atoms with Gasteiger partial charge in [-0.1, -0.05) is 6.07 Å². The Morgan fingerprint density at radius 2 is 2.11 bits per heavy atom. The van der Waals surface area contributed by atoms with Crippen LogP contribution < -0.4 is 10.1 Å². The monoisotopic (exact) mass is 372 g/mol. The van der Waals surface area contributed by atoms with Crippen molar-refractivity contribution < 1.29 is 28.6 Å². The normalized spacial score (nSPS) is 18.9. The lowest BCUT2D eigenvalue weighted by molar-refractivity contribution is -0.147. The lowest BCUT2D eigenvalue weighted by Gasteiger charge is -2.20. The van der Waals surface area contributed by atoms with Gasteiger partial charge in [0, 0.05) is 24.8 Å². The van der Waals surface area contributed by atoms with E-state index in [2.05, 4.69) is 5.32 Å². The zero-order valence-electron chi connectivity index (χ0n) is 14.8. The Morgan fingerprint density at radius 1 is 1.30 bits per heavy atom. The minimum Gasteiger partial charge on any atom is -0.484 e. The summed E-state index contributed by atoms with van der Waals surface area (Å²) in [7, 11) is 0. The molecule has 2 aromatic rings. The smallest absolute Gasteiger partial charge is 0.311 e. The first kappa shape index (κ1) is 18.5. The Hall–Kier alpha value is -3.29. The highest BCUT2D eigenvalue weighted by Gasteiger charge is 2.42. The van der Waals surface area contributed by atoms with Gasteiger partial charge in [-0.2, -0.15) is 0 Å². The van der Waals surface area contributed by atoms with Crippen molar-refractivity contribution in [2.45, 2.75) is 13.3 Å². The van der Waals surface area contributed by atoms with Crippen molar-refractivity contribution in [3.63, 3.8) is 0 Å². The second-order valence-corrected chi connectivity index (χ2v) is 6.68. The van der Waals surface area contributed by atoms with Crippen LogP contribution in [0.15, 0.2) is 47.1 Å². The van der Waals surface area contributed by atoms with Gasteiger partial charge >= 0.3 is 5.97 Å². The van der Waals surface area contributed by atoms with E-state index in [0.29, 0.717) is 24.4 Å². The predicted octanol–water partition coefficient (Wildman–Crippen LogP) is 2.23. The van der Waals surface area contributed by atoms with Crippen LogP contribution in [0.4, 0.5) is 5.69 Å². The molecule has 1 aliphatic heterocycles. The SMILES string of the molecule is CC1(C(=O)O)CCN(C(=O)COc2cccc(NC(=O)c3ccco3)c2)C1. The van der Waals surface area contributed by atoms with E-state index in [0.717, 1.165) is 0 Å². The molecular weight excluding hydrogens is 352 g/mol. The third-order valence-corrected chi connectivity index (χ3v) is 4.54.